The van der Waals surface area contributed by atoms with Gasteiger partial charge in [0.1, 0.15) is 6.07 Å². The minimum absolute atomic E-state index is 0.789. The second-order valence-corrected chi connectivity index (χ2v) is 5.99. The van der Waals surface area contributed by atoms with Gasteiger partial charge in [0.25, 0.3) is 0 Å². The van der Waals surface area contributed by atoms with Gasteiger partial charge in [-0.2, -0.15) is 5.26 Å². The molecule has 1 fully saturated rings. The van der Waals surface area contributed by atoms with Crippen molar-refractivity contribution in [3.8, 4) is 6.07 Å². The first-order valence-electron chi connectivity index (χ1n) is 7.60. The van der Waals surface area contributed by atoms with Crippen LogP contribution < -0.4 is 10.2 Å². The maximum atomic E-state index is 9.37. The molecular weight excluding hydrogens is 246 g/mol. The highest BCUT2D eigenvalue weighted by molar-refractivity contribution is 5.60. The van der Waals surface area contributed by atoms with Crippen LogP contribution in [-0.2, 0) is 6.54 Å². The van der Waals surface area contributed by atoms with E-state index in [1.54, 1.807) is 0 Å². The van der Waals surface area contributed by atoms with E-state index in [0.717, 1.165) is 49.1 Å². The third kappa shape index (κ3) is 3.74. The van der Waals surface area contributed by atoms with Crippen LogP contribution in [0.15, 0.2) is 18.2 Å². The zero-order chi connectivity index (χ0) is 14.5. The maximum Gasteiger partial charge on any atom is 0.101 e. The fourth-order valence-corrected chi connectivity index (χ4v) is 2.63. The Morgan fingerprint density at radius 1 is 1.45 bits per heavy atom. The molecule has 108 valence electrons. The number of hydrogen-bond acceptors (Lipinski definition) is 3. The summed E-state index contributed by atoms with van der Waals surface area (Å²) in [7, 11) is 2.09. The maximum absolute atomic E-state index is 9.37. The largest absolute Gasteiger partial charge is 0.373 e. The van der Waals surface area contributed by atoms with Crippen LogP contribution in [0.1, 0.15) is 37.8 Å². The summed E-state index contributed by atoms with van der Waals surface area (Å²) in [6.07, 6.45) is 2.46. The Balaban J connectivity index is 2.03. The summed E-state index contributed by atoms with van der Waals surface area (Å²) in [6.45, 7) is 7.37. The quantitative estimate of drug-likeness (QED) is 0.774. The molecule has 2 unspecified atom stereocenters. The summed E-state index contributed by atoms with van der Waals surface area (Å²) in [6, 6.07) is 8.58. The summed E-state index contributed by atoms with van der Waals surface area (Å²) in [5.41, 5.74) is 3.04. The third-order valence-corrected chi connectivity index (χ3v) is 4.13. The molecule has 1 aromatic rings. The number of nitrogens with zero attached hydrogens (tertiary/aromatic N) is 2. The zero-order valence-corrected chi connectivity index (χ0v) is 12.8. The van der Waals surface area contributed by atoms with E-state index >= 15 is 0 Å². The lowest BCUT2D eigenvalue weighted by Crippen LogP contribution is -2.22. The molecule has 1 aliphatic carbocycles. The van der Waals surface area contributed by atoms with Crippen molar-refractivity contribution in [2.75, 3.05) is 25.0 Å². The van der Waals surface area contributed by atoms with Gasteiger partial charge < -0.3 is 10.2 Å². The highest BCUT2D eigenvalue weighted by Gasteiger charge is 2.33. The van der Waals surface area contributed by atoms with E-state index in [1.165, 1.54) is 12.0 Å². The van der Waals surface area contributed by atoms with Gasteiger partial charge in [-0.05, 0) is 48.9 Å². The van der Waals surface area contributed by atoms with Crippen molar-refractivity contribution < 1.29 is 0 Å². The lowest BCUT2D eigenvalue weighted by Gasteiger charge is -2.21. The fraction of sp³-hybridized carbons (Fsp3) is 0.588. The summed E-state index contributed by atoms with van der Waals surface area (Å²) < 4.78 is 0. The Hall–Kier alpha value is -1.53. The summed E-state index contributed by atoms with van der Waals surface area (Å²) in [4.78, 5) is 2.23. The Bertz CT molecular complexity index is 489. The van der Waals surface area contributed by atoms with E-state index in [4.69, 9.17) is 0 Å². The Labute approximate surface area is 122 Å². The molecule has 0 heterocycles. The number of nitrogens with one attached hydrogen (secondary N) is 1. The molecule has 3 nitrogen and oxygen atoms in total. The lowest BCUT2D eigenvalue weighted by atomic mass is 10.1. The average molecular weight is 271 g/mol. The number of anilines is 1. The van der Waals surface area contributed by atoms with E-state index in [1.807, 2.05) is 6.07 Å². The molecule has 20 heavy (non-hydrogen) atoms. The molecule has 0 aliphatic heterocycles. The predicted molar refractivity (Wildman–Crippen MR) is 83.7 cm³/mol. The second-order valence-electron chi connectivity index (χ2n) is 5.99. The molecule has 0 radical (unpaired) electrons. The zero-order valence-electron chi connectivity index (χ0n) is 12.8. The second kappa shape index (κ2) is 6.76. The summed E-state index contributed by atoms with van der Waals surface area (Å²) in [5, 5.41) is 12.7. The van der Waals surface area contributed by atoms with Gasteiger partial charge in [-0.3, -0.25) is 0 Å². The Morgan fingerprint density at radius 2 is 2.20 bits per heavy atom. The molecule has 0 saturated heterocycles. The monoisotopic (exact) mass is 271 g/mol. The van der Waals surface area contributed by atoms with Crippen LogP contribution in [-0.4, -0.2) is 20.1 Å². The van der Waals surface area contributed by atoms with Crippen molar-refractivity contribution in [1.82, 2.24) is 5.32 Å². The first-order valence-corrected chi connectivity index (χ1v) is 7.60. The van der Waals surface area contributed by atoms with Crippen LogP contribution in [0.3, 0.4) is 0 Å². The van der Waals surface area contributed by atoms with Gasteiger partial charge in [0.05, 0.1) is 11.3 Å². The van der Waals surface area contributed by atoms with Gasteiger partial charge in [-0.1, -0.05) is 19.9 Å². The third-order valence-electron chi connectivity index (χ3n) is 4.13. The van der Waals surface area contributed by atoms with Crippen LogP contribution >= 0.6 is 0 Å². The van der Waals surface area contributed by atoms with Crippen LogP contribution in [0.5, 0.6) is 0 Å². The molecule has 1 aromatic carbocycles. The van der Waals surface area contributed by atoms with Gasteiger partial charge in [0.2, 0.25) is 0 Å². The van der Waals surface area contributed by atoms with E-state index in [2.05, 4.69) is 49.3 Å². The van der Waals surface area contributed by atoms with Crippen molar-refractivity contribution in [2.45, 2.75) is 33.2 Å². The lowest BCUT2D eigenvalue weighted by molar-refractivity contribution is 0.675. The minimum atomic E-state index is 0.789. The average Bonchev–Trinajstić information content (AvgIpc) is 3.14. The van der Waals surface area contributed by atoms with Gasteiger partial charge in [0.15, 0.2) is 0 Å². The van der Waals surface area contributed by atoms with Crippen LogP contribution in [0.25, 0.3) is 0 Å². The predicted octanol–water partition coefficient (Wildman–Crippen LogP) is 3.15. The summed E-state index contributed by atoms with van der Waals surface area (Å²) in [5.74, 6) is 1.65. The van der Waals surface area contributed by atoms with Crippen LogP contribution in [0.2, 0.25) is 0 Å². The Kier molecular flexibility index (Phi) is 5.03. The number of hydrogen-bond donors (Lipinski definition) is 1. The van der Waals surface area contributed by atoms with Crippen molar-refractivity contribution in [3.63, 3.8) is 0 Å². The normalized spacial score (nSPS) is 20.5. The topological polar surface area (TPSA) is 39.1 Å². The first-order chi connectivity index (χ1) is 9.65. The van der Waals surface area contributed by atoms with Crippen molar-refractivity contribution in [3.05, 3.63) is 29.3 Å². The number of benzene rings is 1. The molecule has 1 aliphatic rings. The van der Waals surface area contributed by atoms with Crippen LogP contribution in [0.4, 0.5) is 5.69 Å². The van der Waals surface area contributed by atoms with Gasteiger partial charge in [-0.15, -0.1) is 0 Å². The van der Waals surface area contributed by atoms with Gasteiger partial charge in [0, 0.05) is 20.1 Å². The standard InChI is InChI=1S/C17H25N3/c1-4-7-19-11-14-5-6-17(15(9-14)10-18)20(3)12-16-8-13(16)2/h5-6,9,13,16,19H,4,7-8,11-12H2,1-3H3. The molecule has 3 heteroatoms. The molecule has 1 saturated carbocycles. The SMILES string of the molecule is CCCNCc1ccc(N(C)CC2CC2C)c(C#N)c1. The number of nitriles is 1. The minimum Gasteiger partial charge on any atom is -0.373 e. The van der Waals surface area contributed by atoms with Crippen molar-refractivity contribution in [1.29, 1.82) is 5.26 Å². The highest BCUT2D eigenvalue weighted by Crippen LogP contribution is 2.39. The molecule has 0 bridgehead atoms. The molecule has 0 aromatic heterocycles. The van der Waals surface area contributed by atoms with Gasteiger partial charge >= 0.3 is 0 Å². The highest BCUT2D eigenvalue weighted by atomic mass is 15.1. The van der Waals surface area contributed by atoms with E-state index in [-0.39, 0.29) is 0 Å². The molecule has 2 atom stereocenters. The number of rotatable bonds is 7. The Morgan fingerprint density at radius 3 is 2.80 bits per heavy atom. The van der Waals surface area contributed by atoms with E-state index in [9.17, 15) is 5.26 Å². The van der Waals surface area contributed by atoms with E-state index < -0.39 is 0 Å². The van der Waals surface area contributed by atoms with Crippen molar-refractivity contribution in [2.24, 2.45) is 11.8 Å². The fourth-order valence-electron chi connectivity index (χ4n) is 2.63. The van der Waals surface area contributed by atoms with Crippen molar-refractivity contribution >= 4 is 5.69 Å². The first kappa shape index (κ1) is 14.9. The smallest absolute Gasteiger partial charge is 0.101 e. The molecule has 1 N–H and O–H groups in total. The molecule has 0 amide bonds. The van der Waals surface area contributed by atoms with E-state index in [0.29, 0.717) is 0 Å². The molecular formula is C17H25N3. The van der Waals surface area contributed by atoms with Crippen LogP contribution in [0, 0.1) is 23.2 Å². The molecule has 2 rings (SSSR count). The summed E-state index contributed by atoms with van der Waals surface area (Å²) >= 11 is 0. The van der Waals surface area contributed by atoms with Gasteiger partial charge in [-0.25, -0.2) is 0 Å². The molecule has 0 spiro atoms.